The van der Waals surface area contributed by atoms with Crippen LogP contribution in [0, 0.1) is 0 Å². The second-order valence-electron chi connectivity index (χ2n) is 3.90. The first-order valence-electron chi connectivity index (χ1n) is 5.30. The van der Waals surface area contributed by atoms with E-state index in [-0.39, 0.29) is 12.0 Å². The van der Waals surface area contributed by atoms with Crippen molar-refractivity contribution in [3.63, 3.8) is 0 Å². The van der Waals surface area contributed by atoms with E-state index in [0.29, 0.717) is 17.2 Å². The van der Waals surface area contributed by atoms with E-state index in [2.05, 4.69) is 0 Å². The van der Waals surface area contributed by atoms with E-state index in [0.717, 1.165) is 19.4 Å². The highest BCUT2D eigenvalue weighted by Crippen LogP contribution is 2.23. The molecule has 0 aromatic carbocycles. The number of ether oxygens (including phenoxy) is 1. The number of aliphatic hydroxyl groups is 1. The first-order chi connectivity index (χ1) is 7.70. The summed E-state index contributed by atoms with van der Waals surface area (Å²) < 4.78 is 5.04. The molecule has 1 aromatic heterocycles. The van der Waals surface area contributed by atoms with E-state index in [4.69, 9.17) is 4.74 Å². The Hall–Kier alpha value is -1.07. The third kappa shape index (κ3) is 2.36. The van der Waals surface area contributed by atoms with Gasteiger partial charge in [0.1, 0.15) is 5.75 Å². The maximum Gasteiger partial charge on any atom is 0.264 e. The van der Waals surface area contributed by atoms with Crippen molar-refractivity contribution in [3.8, 4) is 5.75 Å². The average Bonchev–Trinajstić information content (AvgIpc) is 2.76. The van der Waals surface area contributed by atoms with Crippen molar-refractivity contribution in [3.05, 3.63) is 16.3 Å². The van der Waals surface area contributed by atoms with Gasteiger partial charge < -0.3 is 14.7 Å². The molecule has 1 saturated heterocycles. The monoisotopic (exact) mass is 241 g/mol. The fraction of sp³-hybridized carbons (Fsp3) is 0.545. The first kappa shape index (κ1) is 11.4. The molecule has 1 fully saturated rings. The predicted molar refractivity (Wildman–Crippen MR) is 62.0 cm³/mol. The van der Waals surface area contributed by atoms with Crippen molar-refractivity contribution in [2.24, 2.45) is 0 Å². The number of nitrogens with zero attached hydrogens (tertiary/aromatic N) is 1. The zero-order chi connectivity index (χ0) is 11.5. The summed E-state index contributed by atoms with van der Waals surface area (Å²) in [7, 11) is 1.58. The molecule has 0 saturated carbocycles. The van der Waals surface area contributed by atoms with Crippen LogP contribution in [0.5, 0.6) is 5.75 Å². The lowest BCUT2D eigenvalue weighted by atomic mass is 10.1. The maximum atomic E-state index is 12.0. The molecule has 1 aliphatic rings. The summed E-state index contributed by atoms with van der Waals surface area (Å²) in [4.78, 5) is 14.4. The summed E-state index contributed by atoms with van der Waals surface area (Å²) in [6.45, 7) is 1.18. The van der Waals surface area contributed by atoms with Gasteiger partial charge in [-0.3, -0.25) is 4.79 Å². The Morgan fingerprint density at radius 2 is 2.50 bits per heavy atom. The highest BCUT2D eigenvalue weighted by atomic mass is 32.1. The number of amides is 1. The molecule has 2 rings (SSSR count). The van der Waals surface area contributed by atoms with Gasteiger partial charge in [-0.05, 0) is 12.8 Å². The number of rotatable bonds is 2. The molecule has 0 spiro atoms. The van der Waals surface area contributed by atoms with Gasteiger partial charge in [-0.2, -0.15) is 0 Å². The highest BCUT2D eigenvalue weighted by molar-refractivity contribution is 7.12. The molecule has 0 aliphatic carbocycles. The summed E-state index contributed by atoms with van der Waals surface area (Å²) in [6, 6.07) is 1.74. The van der Waals surface area contributed by atoms with Gasteiger partial charge in [0.25, 0.3) is 5.91 Å². The summed E-state index contributed by atoms with van der Waals surface area (Å²) >= 11 is 1.38. The van der Waals surface area contributed by atoms with Crippen LogP contribution in [0.15, 0.2) is 11.4 Å². The van der Waals surface area contributed by atoms with E-state index >= 15 is 0 Å². The summed E-state index contributed by atoms with van der Waals surface area (Å²) in [6.07, 6.45) is 1.28. The van der Waals surface area contributed by atoms with Crippen LogP contribution in [-0.4, -0.2) is 42.2 Å². The molecule has 16 heavy (non-hydrogen) atoms. The zero-order valence-corrected chi connectivity index (χ0v) is 10.00. The van der Waals surface area contributed by atoms with Gasteiger partial charge in [0.15, 0.2) is 0 Å². The molecule has 1 amide bonds. The third-order valence-electron chi connectivity index (χ3n) is 2.71. The van der Waals surface area contributed by atoms with Crippen molar-refractivity contribution < 1.29 is 14.6 Å². The molecule has 1 aromatic rings. The number of thiophene rings is 1. The number of β-amino-alcohol motifs (C(OH)–C–C–N with tert-alkyl or cyclic N) is 1. The zero-order valence-electron chi connectivity index (χ0n) is 9.18. The molecule has 1 aliphatic heterocycles. The van der Waals surface area contributed by atoms with Crippen LogP contribution >= 0.6 is 11.3 Å². The van der Waals surface area contributed by atoms with E-state index in [1.54, 1.807) is 18.1 Å². The normalized spacial score (nSPS) is 20.9. The molecular formula is C11H15NO3S. The quantitative estimate of drug-likeness (QED) is 0.850. The van der Waals surface area contributed by atoms with E-state index in [1.807, 2.05) is 5.38 Å². The highest BCUT2D eigenvalue weighted by Gasteiger charge is 2.24. The standard InChI is InChI=1S/C11H15NO3S/c1-15-9-5-10(16-7-9)11(14)12-4-2-3-8(13)6-12/h5,7-8,13H,2-4,6H2,1H3/t8-/m0/s1. The predicted octanol–water partition coefficient (Wildman–Crippen LogP) is 1.35. The van der Waals surface area contributed by atoms with Crippen LogP contribution in [0.4, 0.5) is 0 Å². The number of methoxy groups -OCH3 is 1. The van der Waals surface area contributed by atoms with Gasteiger partial charge in [-0.15, -0.1) is 11.3 Å². The molecule has 88 valence electrons. The SMILES string of the molecule is COc1csc(C(=O)N2CCC[C@H](O)C2)c1. The number of piperidine rings is 1. The number of carbonyl (C=O) groups is 1. The van der Waals surface area contributed by atoms with Crippen LogP contribution in [0.3, 0.4) is 0 Å². The van der Waals surface area contributed by atoms with Crippen molar-refractivity contribution in [2.75, 3.05) is 20.2 Å². The van der Waals surface area contributed by atoms with Crippen LogP contribution in [0.1, 0.15) is 22.5 Å². The second kappa shape index (κ2) is 4.84. The Kier molecular flexibility index (Phi) is 3.46. The largest absolute Gasteiger partial charge is 0.496 e. The number of carbonyl (C=O) groups excluding carboxylic acids is 1. The van der Waals surface area contributed by atoms with Crippen LogP contribution in [-0.2, 0) is 0 Å². The first-order valence-corrected chi connectivity index (χ1v) is 6.18. The van der Waals surface area contributed by atoms with Crippen LogP contribution in [0.2, 0.25) is 0 Å². The Balaban J connectivity index is 2.06. The molecular weight excluding hydrogens is 226 g/mol. The fourth-order valence-corrected chi connectivity index (χ4v) is 2.65. The Morgan fingerprint density at radius 3 is 3.12 bits per heavy atom. The number of likely N-dealkylation sites (tertiary alicyclic amines) is 1. The van der Waals surface area contributed by atoms with Crippen molar-refractivity contribution in [1.29, 1.82) is 0 Å². The average molecular weight is 241 g/mol. The molecule has 1 atom stereocenters. The van der Waals surface area contributed by atoms with Gasteiger partial charge in [-0.1, -0.05) is 0 Å². The minimum absolute atomic E-state index is 0.00736. The van der Waals surface area contributed by atoms with Gasteiger partial charge in [0.05, 0.1) is 18.1 Å². The summed E-state index contributed by atoms with van der Waals surface area (Å²) in [5.74, 6) is 0.706. The lowest BCUT2D eigenvalue weighted by Crippen LogP contribution is -2.41. The van der Waals surface area contributed by atoms with Gasteiger partial charge in [-0.25, -0.2) is 0 Å². The van der Waals surface area contributed by atoms with E-state index < -0.39 is 0 Å². The minimum atomic E-state index is -0.375. The van der Waals surface area contributed by atoms with Crippen molar-refractivity contribution >= 4 is 17.2 Å². The van der Waals surface area contributed by atoms with Crippen molar-refractivity contribution in [1.82, 2.24) is 4.90 Å². The van der Waals surface area contributed by atoms with Crippen molar-refractivity contribution in [2.45, 2.75) is 18.9 Å². The Bertz CT molecular complexity index is 377. The Morgan fingerprint density at radius 1 is 1.69 bits per heavy atom. The van der Waals surface area contributed by atoms with Gasteiger partial charge in [0, 0.05) is 24.5 Å². The molecule has 5 heteroatoms. The van der Waals surface area contributed by atoms with Crippen LogP contribution < -0.4 is 4.74 Å². The smallest absolute Gasteiger partial charge is 0.264 e. The number of aliphatic hydroxyl groups excluding tert-OH is 1. The lowest BCUT2D eigenvalue weighted by molar-refractivity contribution is 0.0477. The van der Waals surface area contributed by atoms with Gasteiger partial charge in [0.2, 0.25) is 0 Å². The molecule has 2 heterocycles. The molecule has 4 nitrogen and oxygen atoms in total. The third-order valence-corrected chi connectivity index (χ3v) is 3.60. The maximum absolute atomic E-state index is 12.0. The molecule has 0 unspecified atom stereocenters. The van der Waals surface area contributed by atoms with E-state index in [9.17, 15) is 9.90 Å². The summed E-state index contributed by atoms with van der Waals surface area (Å²) in [5.41, 5.74) is 0. The van der Waals surface area contributed by atoms with E-state index in [1.165, 1.54) is 11.3 Å². The number of hydrogen-bond donors (Lipinski definition) is 1. The lowest BCUT2D eigenvalue weighted by Gasteiger charge is -2.29. The number of hydrogen-bond acceptors (Lipinski definition) is 4. The Labute approximate surface area is 98.4 Å². The minimum Gasteiger partial charge on any atom is -0.496 e. The topological polar surface area (TPSA) is 49.8 Å². The molecule has 1 N–H and O–H groups in total. The van der Waals surface area contributed by atoms with Gasteiger partial charge >= 0.3 is 0 Å². The second-order valence-corrected chi connectivity index (χ2v) is 4.81. The summed E-state index contributed by atoms with van der Waals surface area (Å²) in [5, 5.41) is 11.3. The van der Waals surface area contributed by atoms with Crippen LogP contribution in [0.25, 0.3) is 0 Å². The molecule has 0 bridgehead atoms. The molecule has 0 radical (unpaired) electrons. The fourth-order valence-electron chi connectivity index (χ4n) is 1.83.